The van der Waals surface area contributed by atoms with Crippen LogP contribution in [0.1, 0.15) is 5.56 Å². The summed E-state index contributed by atoms with van der Waals surface area (Å²) in [5, 5.41) is 1.73. The van der Waals surface area contributed by atoms with Crippen LogP contribution in [0.15, 0.2) is 18.3 Å². The molecule has 1 heterocycles. The standard InChI is InChI=1S/C12H15ClN2O/c1-15(2)7-8-6-14-9-4-5-10(16-3)12(13)11(8)9/h4-6,14H,7H2,1-3H3. The summed E-state index contributed by atoms with van der Waals surface area (Å²) >= 11 is 6.31. The number of methoxy groups -OCH3 is 1. The zero-order valence-corrected chi connectivity index (χ0v) is 10.4. The number of rotatable bonds is 3. The molecule has 0 saturated heterocycles. The number of aromatic nitrogens is 1. The Morgan fingerprint density at radius 3 is 2.75 bits per heavy atom. The largest absolute Gasteiger partial charge is 0.495 e. The number of H-pyrrole nitrogens is 1. The maximum Gasteiger partial charge on any atom is 0.138 e. The van der Waals surface area contributed by atoms with Crippen molar-refractivity contribution in [1.29, 1.82) is 0 Å². The summed E-state index contributed by atoms with van der Waals surface area (Å²) in [5.74, 6) is 0.716. The van der Waals surface area contributed by atoms with Gasteiger partial charge in [-0.15, -0.1) is 0 Å². The maximum atomic E-state index is 6.31. The van der Waals surface area contributed by atoms with Gasteiger partial charge in [-0.3, -0.25) is 0 Å². The Labute approximate surface area is 100.0 Å². The van der Waals surface area contributed by atoms with Crippen LogP contribution in [0.25, 0.3) is 10.9 Å². The first-order valence-electron chi connectivity index (χ1n) is 5.10. The first kappa shape index (κ1) is 11.3. The van der Waals surface area contributed by atoms with E-state index in [1.165, 1.54) is 5.56 Å². The number of nitrogens with zero attached hydrogens (tertiary/aromatic N) is 1. The molecule has 0 aliphatic heterocycles. The molecule has 0 bridgehead atoms. The first-order chi connectivity index (χ1) is 7.63. The SMILES string of the molecule is COc1ccc2[nH]cc(CN(C)C)c2c1Cl. The van der Waals surface area contributed by atoms with Crippen molar-refractivity contribution in [2.75, 3.05) is 21.2 Å². The topological polar surface area (TPSA) is 28.3 Å². The van der Waals surface area contributed by atoms with Crippen LogP contribution in [0.4, 0.5) is 0 Å². The van der Waals surface area contributed by atoms with E-state index in [1.807, 2.05) is 32.4 Å². The molecule has 0 atom stereocenters. The van der Waals surface area contributed by atoms with Crippen molar-refractivity contribution in [2.45, 2.75) is 6.54 Å². The van der Waals surface area contributed by atoms with Gasteiger partial charge >= 0.3 is 0 Å². The molecule has 0 radical (unpaired) electrons. The Morgan fingerprint density at radius 1 is 1.38 bits per heavy atom. The molecule has 0 aliphatic rings. The van der Waals surface area contributed by atoms with Gasteiger partial charge in [-0.1, -0.05) is 11.6 Å². The fourth-order valence-corrected chi connectivity index (χ4v) is 2.21. The molecule has 2 aromatic rings. The Bertz CT molecular complexity index is 505. The van der Waals surface area contributed by atoms with Gasteiger partial charge in [0, 0.05) is 23.6 Å². The van der Waals surface area contributed by atoms with E-state index in [4.69, 9.17) is 16.3 Å². The highest BCUT2D eigenvalue weighted by Crippen LogP contribution is 2.34. The Balaban J connectivity index is 2.59. The molecule has 4 heteroatoms. The van der Waals surface area contributed by atoms with E-state index in [1.54, 1.807) is 7.11 Å². The average molecular weight is 239 g/mol. The lowest BCUT2D eigenvalue weighted by molar-refractivity contribution is 0.403. The minimum Gasteiger partial charge on any atom is -0.495 e. The smallest absolute Gasteiger partial charge is 0.138 e. The number of hydrogen-bond donors (Lipinski definition) is 1. The number of hydrogen-bond acceptors (Lipinski definition) is 2. The quantitative estimate of drug-likeness (QED) is 0.891. The summed E-state index contributed by atoms with van der Waals surface area (Å²) in [5.41, 5.74) is 2.23. The van der Waals surface area contributed by atoms with Gasteiger partial charge in [0.25, 0.3) is 0 Å². The van der Waals surface area contributed by atoms with Crippen LogP contribution < -0.4 is 4.74 Å². The summed E-state index contributed by atoms with van der Waals surface area (Å²) in [6.45, 7) is 0.854. The van der Waals surface area contributed by atoms with Crippen LogP contribution in [0.5, 0.6) is 5.75 Å². The number of benzene rings is 1. The Morgan fingerprint density at radius 2 is 2.12 bits per heavy atom. The predicted molar refractivity (Wildman–Crippen MR) is 67.3 cm³/mol. The maximum absolute atomic E-state index is 6.31. The summed E-state index contributed by atoms with van der Waals surface area (Å²) in [4.78, 5) is 5.33. The predicted octanol–water partition coefficient (Wildman–Crippen LogP) is 2.89. The number of fused-ring (bicyclic) bond motifs is 1. The molecule has 0 spiro atoms. The second kappa shape index (κ2) is 4.36. The highest BCUT2D eigenvalue weighted by atomic mass is 35.5. The zero-order valence-electron chi connectivity index (χ0n) is 9.67. The minimum absolute atomic E-state index is 0.679. The van der Waals surface area contributed by atoms with Crippen LogP contribution in [0.2, 0.25) is 5.02 Å². The monoisotopic (exact) mass is 238 g/mol. The molecule has 0 unspecified atom stereocenters. The van der Waals surface area contributed by atoms with E-state index in [9.17, 15) is 0 Å². The number of nitrogens with one attached hydrogen (secondary N) is 1. The van der Waals surface area contributed by atoms with E-state index in [0.29, 0.717) is 10.8 Å². The van der Waals surface area contributed by atoms with Crippen LogP contribution >= 0.6 is 11.6 Å². The van der Waals surface area contributed by atoms with Gasteiger partial charge in [0.05, 0.1) is 12.1 Å². The fourth-order valence-electron chi connectivity index (χ4n) is 1.85. The third-order valence-corrected chi connectivity index (χ3v) is 2.91. The lowest BCUT2D eigenvalue weighted by Gasteiger charge is -2.10. The van der Waals surface area contributed by atoms with Crippen molar-refractivity contribution in [3.8, 4) is 5.75 Å². The van der Waals surface area contributed by atoms with E-state index in [-0.39, 0.29) is 0 Å². The average Bonchev–Trinajstić information content (AvgIpc) is 2.62. The number of aromatic amines is 1. The summed E-state index contributed by atoms with van der Waals surface area (Å²) in [7, 11) is 5.70. The molecule has 86 valence electrons. The second-order valence-electron chi connectivity index (χ2n) is 4.06. The molecule has 1 aromatic carbocycles. The third kappa shape index (κ3) is 1.88. The molecule has 0 aliphatic carbocycles. The molecule has 3 nitrogen and oxygen atoms in total. The van der Waals surface area contributed by atoms with Gasteiger partial charge in [0.1, 0.15) is 5.75 Å². The van der Waals surface area contributed by atoms with Crippen molar-refractivity contribution >= 4 is 22.5 Å². The number of ether oxygens (including phenoxy) is 1. The van der Waals surface area contributed by atoms with Gasteiger partial charge in [-0.05, 0) is 31.8 Å². The van der Waals surface area contributed by atoms with E-state index in [2.05, 4.69) is 9.88 Å². The van der Waals surface area contributed by atoms with Crippen molar-refractivity contribution in [3.63, 3.8) is 0 Å². The molecular formula is C12H15ClN2O. The molecule has 2 rings (SSSR count). The number of halogens is 1. The molecule has 0 amide bonds. The highest BCUT2D eigenvalue weighted by molar-refractivity contribution is 6.37. The summed E-state index contributed by atoms with van der Waals surface area (Å²) < 4.78 is 5.22. The van der Waals surface area contributed by atoms with Crippen LogP contribution in [-0.2, 0) is 6.54 Å². The summed E-state index contributed by atoms with van der Waals surface area (Å²) in [6, 6.07) is 3.86. The zero-order chi connectivity index (χ0) is 11.7. The van der Waals surface area contributed by atoms with Crippen LogP contribution in [0.3, 0.4) is 0 Å². The van der Waals surface area contributed by atoms with E-state index < -0.39 is 0 Å². The van der Waals surface area contributed by atoms with E-state index in [0.717, 1.165) is 17.4 Å². The molecule has 0 fully saturated rings. The highest BCUT2D eigenvalue weighted by Gasteiger charge is 2.12. The Hall–Kier alpha value is -1.19. The third-order valence-electron chi connectivity index (χ3n) is 2.54. The minimum atomic E-state index is 0.679. The second-order valence-corrected chi connectivity index (χ2v) is 4.43. The van der Waals surface area contributed by atoms with Crippen molar-refractivity contribution in [3.05, 3.63) is 28.9 Å². The lowest BCUT2D eigenvalue weighted by Crippen LogP contribution is -2.10. The Kier molecular flexibility index (Phi) is 3.08. The van der Waals surface area contributed by atoms with Crippen LogP contribution in [0, 0.1) is 0 Å². The normalized spacial score (nSPS) is 11.3. The molecule has 1 N–H and O–H groups in total. The molecule has 0 saturated carbocycles. The fraction of sp³-hybridized carbons (Fsp3) is 0.333. The molecule has 16 heavy (non-hydrogen) atoms. The van der Waals surface area contributed by atoms with Crippen molar-refractivity contribution in [2.24, 2.45) is 0 Å². The molecule has 1 aromatic heterocycles. The first-order valence-corrected chi connectivity index (χ1v) is 5.48. The van der Waals surface area contributed by atoms with Gasteiger partial charge < -0.3 is 14.6 Å². The lowest BCUT2D eigenvalue weighted by atomic mass is 10.1. The van der Waals surface area contributed by atoms with Crippen LogP contribution in [-0.4, -0.2) is 31.1 Å². The van der Waals surface area contributed by atoms with E-state index >= 15 is 0 Å². The van der Waals surface area contributed by atoms with Gasteiger partial charge in [0.15, 0.2) is 0 Å². The van der Waals surface area contributed by atoms with Gasteiger partial charge in [0.2, 0.25) is 0 Å². The summed E-state index contributed by atoms with van der Waals surface area (Å²) in [6.07, 6.45) is 2.00. The van der Waals surface area contributed by atoms with Gasteiger partial charge in [-0.2, -0.15) is 0 Å². The van der Waals surface area contributed by atoms with Crippen molar-refractivity contribution in [1.82, 2.24) is 9.88 Å². The van der Waals surface area contributed by atoms with Gasteiger partial charge in [-0.25, -0.2) is 0 Å². The van der Waals surface area contributed by atoms with Crippen molar-refractivity contribution < 1.29 is 4.74 Å². The molecular weight excluding hydrogens is 224 g/mol.